The summed E-state index contributed by atoms with van der Waals surface area (Å²) in [6.45, 7) is 0. The van der Waals surface area contributed by atoms with Gasteiger partial charge in [-0.15, -0.1) is 0 Å². The zero-order valence-electron chi connectivity index (χ0n) is 10.2. The van der Waals surface area contributed by atoms with Crippen LogP contribution < -0.4 is 10.5 Å². The van der Waals surface area contributed by atoms with Crippen LogP contribution in [0.4, 0.5) is 0 Å². The van der Waals surface area contributed by atoms with Crippen molar-refractivity contribution in [3.8, 4) is 5.75 Å². The first-order chi connectivity index (χ1) is 9.01. The Hall–Kier alpha value is -0.550. The Morgan fingerprint density at radius 1 is 1.11 bits per heavy atom. The molecule has 0 aliphatic heterocycles. The molecule has 5 heteroatoms. The van der Waals surface area contributed by atoms with Gasteiger partial charge in [0.25, 0.3) is 0 Å². The molecule has 2 rings (SSSR count). The van der Waals surface area contributed by atoms with Crippen molar-refractivity contribution in [3.63, 3.8) is 0 Å². The van der Waals surface area contributed by atoms with Crippen LogP contribution in [0.1, 0.15) is 17.2 Å². The minimum Gasteiger partial charge on any atom is -0.496 e. The van der Waals surface area contributed by atoms with Gasteiger partial charge in [0.1, 0.15) is 5.75 Å². The molecule has 0 bridgehead atoms. The Morgan fingerprint density at radius 2 is 1.84 bits per heavy atom. The topological polar surface area (TPSA) is 35.2 Å². The van der Waals surface area contributed by atoms with Crippen molar-refractivity contribution in [1.82, 2.24) is 0 Å². The average molecular weight is 406 g/mol. The molecular weight excluding hydrogens is 393 g/mol. The molecule has 0 aliphatic rings. The highest BCUT2D eigenvalue weighted by Crippen LogP contribution is 2.33. The maximum Gasteiger partial charge on any atom is 0.124 e. The lowest BCUT2D eigenvalue weighted by atomic mass is 9.99. The van der Waals surface area contributed by atoms with Gasteiger partial charge in [-0.05, 0) is 42.0 Å². The fourth-order valence-corrected chi connectivity index (χ4v) is 3.15. The summed E-state index contributed by atoms with van der Waals surface area (Å²) in [5, 5.41) is 0.647. The molecule has 1 unspecified atom stereocenters. The Bertz CT molecular complexity index is 584. The molecule has 0 radical (unpaired) electrons. The van der Waals surface area contributed by atoms with Crippen molar-refractivity contribution in [2.75, 3.05) is 7.11 Å². The van der Waals surface area contributed by atoms with Gasteiger partial charge in [0, 0.05) is 19.5 Å². The van der Waals surface area contributed by atoms with Crippen LogP contribution in [0.5, 0.6) is 5.75 Å². The fraction of sp³-hybridized carbons (Fsp3) is 0.143. The summed E-state index contributed by atoms with van der Waals surface area (Å²) in [4.78, 5) is 0. The molecule has 2 nitrogen and oxygen atoms in total. The van der Waals surface area contributed by atoms with E-state index < -0.39 is 0 Å². The van der Waals surface area contributed by atoms with E-state index in [1.807, 2.05) is 36.4 Å². The summed E-state index contributed by atoms with van der Waals surface area (Å²) in [5.74, 6) is 0.756. The molecule has 19 heavy (non-hydrogen) atoms. The van der Waals surface area contributed by atoms with E-state index in [1.165, 1.54) is 0 Å². The molecule has 1 atom stereocenters. The Labute approximate surface area is 134 Å². The highest BCUT2D eigenvalue weighted by molar-refractivity contribution is 9.10. The molecule has 0 aliphatic carbocycles. The molecular formula is C14H12Br2ClNO. The monoisotopic (exact) mass is 403 g/mol. The number of hydrogen-bond acceptors (Lipinski definition) is 2. The third kappa shape index (κ3) is 3.51. The molecule has 0 heterocycles. The van der Waals surface area contributed by atoms with Gasteiger partial charge in [-0.25, -0.2) is 0 Å². The molecule has 0 fully saturated rings. The van der Waals surface area contributed by atoms with Gasteiger partial charge in [-0.2, -0.15) is 0 Å². The molecule has 0 amide bonds. The summed E-state index contributed by atoms with van der Waals surface area (Å²) in [7, 11) is 1.63. The van der Waals surface area contributed by atoms with Gasteiger partial charge in [-0.1, -0.05) is 43.5 Å². The van der Waals surface area contributed by atoms with E-state index in [1.54, 1.807) is 7.11 Å². The van der Waals surface area contributed by atoms with Crippen molar-refractivity contribution >= 4 is 43.5 Å². The van der Waals surface area contributed by atoms with E-state index in [9.17, 15) is 0 Å². The SMILES string of the molecule is COc1ccc(Br)cc1C(N)c1cc(Cl)cc(Br)c1. The normalized spacial score (nSPS) is 12.3. The van der Waals surface area contributed by atoms with Crippen molar-refractivity contribution in [2.45, 2.75) is 6.04 Å². The van der Waals surface area contributed by atoms with Crippen LogP contribution >= 0.6 is 43.5 Å². The quantitative estimate of drug-likeness (QED) is 0.787. The van der Waals surface area contributed by atoms with Crippen LogP contribution in [0.2, 0.25) is 5.02 Å². The summed E-state index contributed by atoms with van der Waals surface area (Å²) >= 11 is 12.9. The predicted octanol–water partition coefficient (Wildman–Crippen LogP) is 4.92. The van der Waals surface area contributed by atoms with Gasteiger partial charge in [0.05, 0.1) is 13.2 Å². The first-order valence-corrected chi connectivity index (χ1v) is 7.52. The zero-order valence-corrected chi connectivity index (χ0v) is 14.1. The molecule has 2 aromatic rings. The predicted molar refractivity (Wildman–Crippen MR) is 85.9 cm³/mol. The van der Waals surface area contributed by atoms with Crippen LogP contribution in [0.3, 0.4) is 0 Å². The Morgan fingerprint density at radius 3 is 2.47 bits per heavy atom. The van der Waals surface area contributed by atoms with E-state index in [0.717, 1.165) is 25.8 Å². The molecule has 0 saturated carbocycles. The van der Waals surface area contributed by atoms with E-state index in [4.69, 9.17) is 22.1 Å². The maximum atomic E-state index is 6.32. The van der Waals surface area contributed by atoms with Crippen LogP contribution in [0, 0.1) is 0 Å². The summed E-state index contributed by atoms with van der Waals surface area (Å²) in [5.41, 5.74) is 8.15. The minimum atomic E-state index is -0.303. The van der Waals surface area contributed by atoms with E-state index in [2.05, 4.69) is 31.9 Å². The molecule has 2 N–H and O–H groups in total. The summed E-state index contributed by atoms with van der Waals surface area (Å²) in [6, 6.07) is 11.1. The summed E-state index contributed by atoms with van der Waals surface area (Å²) < 4.78 is 7.22. The molecule has 0 spiro atoms. The third-order valence-corrected chi connectivity index (χ3v) is 3.94. The Balaban J connectivity index is 2.48. The average Bonchev–Trinajstić information content (AvgIpc) is 2.36. The standard InChI is InChI=1S/C14H12Br2ClNO/c1-19-13-3-2-9(15)7-12(13)14(18)8-4-10(16)6-11(17)5-8/h2-7,14H,18H2,1H3. The highest BCUT2D eigenvalue weighted by Gasteiger charge is 2.15. The fourth-order valence-electron chi connectivity index (χ4n) is 1.88. The Kier molecular flexibility index (Phi) is 4.90. The first kappa shape index (κ1) is 14.9. The number of benzene rings is 2. The number of ether oxygens (including phenoxy) is 1. The van der Waals surface area contributed by atoms with E-state index in [-0.39, 0.29) is 6.04 Å². The van der Waals surface area contributed by atoms with Gasteiger partial charge >= 0.3 is 0 Å². The van der Waals surface area contributed by atoms with Gasteiger partial charge in [-0.3, -0.25) is 0 Å². The second-order valence-electron chi connectivity index (χ2n) is 4.07. The number of halogens is 3. The lowest BCUT2D eigenvalue weighted by molar-refractivity contribution is 0.407. The van der Waals surface area contributed by atoms with Gasteiger partial charge < -0.3 is 10.5 Å². The lowest BCUT2D eigenvalue weighted by Gasteiger charge is -2.17. The molecule has 2 aromatic carbocycles. The molecule has 0 saturated heterocycles. The smallest absolute Gasteiger partial charge is 0.124 e. The number of nitrogens with two attached hydrogens (primary N) is 1. The van der Waals surface area contributed by atoms with Crippen molar-refractivity contribution in [3.05, 3.63) is 61.5 Å². The number of methoxy groups -OCH3 is 1. The van der Waals surface area contributed by atoms with Gasteiger partial charge in [0.2, 0.25) is 0 Å². The zero-order chi connectivity index (χ0) is 14.0. The molecule has 0 aromatic heterocycles. The van der Waals surface area contributed by atoms with Crippen LogP contribution in [-0.2, 0) is 0 Å². The van der Waals surface area contributed by atoms with Gasteiger partial charge in [0.15, 0.2) is 0 Å². The van der Waals surface area contributed by atoms with Crippen molar-refractivity contribution in [2.24, 2.45) is 5.73 Å². The molecule has 100 valence electrons. The first-order valence-electron chi connectivity index (χ1n) is 5.56. The number of hydrogen-bond donors (Lipinski definition) is 1. The van der Waals surface area contributed by atoms with Crippen molar-refractivity contribution < 1.29 is 4.74 Å². The van der Waals surface area contributed by atoms with Crippen molar-refractivity contribution in [1.29, 1.82) is 0 Å². The third-order valence-electron chi connectivity index (χ3n) is 2.77. The minimum absolute atomic E-state index is 0.303. The highest BCUT2D eigenvalue weighted by atomic mass is 79.9. The van der Waals surface area contributed by atoms with Crippen LogP contribution in [0.15, 0.2) is 45.3 Å². The summed E-state index contributed by atoms with van der Waals surface area (Å²) in [6.07, 6.45) is 0. The van der Waals surface area contributed by atoms with Crippen LogP contribution in [0.25, 0.3) is 0 Å². The van der Waals surface area contributed by atoms with E-state index in [0.29, 0.717) is 5.02 Å². The lowest BCUT2D eigenvalue weighted by Crippen LogP contribution is -2.13. The second-order valence-corrected chi connectivity index (χ2v) is 6.33. The number of rotatable bonds is 3. The van der Waals surface area contributed by atoms with Crippen LogP contribution in [-0.4, -0.2) is 7.11 Å². The van der Waals surface area contributed by atoms with E-state index >= 15 is 0 Å². The largest absolute Gasteiger partial charge is 0.496 e. The maximum absolute atomic E-state index is 6.32. The second kappa shape index (κ2) is 6.27.